The second kappa shape index (κ2) is 5.39. The van der Waals surface area contributed by atoms with Gasteiger partial charge in [0.25, 0.3) is 0 Å². The van der Waals surface area contributed by atoms with E-state index in [1.165, 1.54) is 0 Å². The molecule has 0 aliphatic heterocycles. The standard InChI is InChI=1S/C9H14N4S/c1-3-4-10-9(14)11-5-8-6-12-13(2)7-8/h3,6-7H,1,4-5H2,2H3,(H2,10,11,14). The predicted octanol–water partition coefficient (Wildman–Crippen LogP) is 0.570. The molecule has 1 rings (SSSR count). The third-order valence-electron chi connectivity index (χ3n) is 1.62. The topological polar surface area (TPSA) is 41.9 Å². The molecule has 0 aliphatic rings. The summed E-state index contributed by atoms with van der Waals surface area (Å²) in [4.78, 5) is 0. The third kappa shape index (κ3) is 3.57. The molecule has 0 unspecified atom stereocenters. The van der Waals surface area contributed by atoms with Crippen LogP contribution in [-0.2, 0) is 13.6 Å². The maximum Gasteiger partial charge on any atom is 0.166 e. The van der Waals surface area contributed by atoms with Crippen molar-refractivity contribution < 1.29 is 0 Å². The SMILES string of the molecule is C=CCNC(=S)NCc1cnn(C)c1. The Morgan fingerprint density at radius 1 is 1.71 bits per heavy atom. The van der Waals surface area contributed by atoms with Crippen molar-refractivity contribution in [2.24, 2.45) is 7.05 Å². The molecule has 0 fully saturated rings. The first-order chi connectivity index (χ1) is 6.72. The fraction of sp³-hybridized carbons (Fsp3) is 0.333. The maximum absolute atomic E-state index is 5.03. The summed E-state index contributed by atoms with van der Waals surface area (Å²) in [6.07, 6.45) is 5.52. The highest BCUT2D eigenvalue weighted by Gasteiger charge is 1.96. The summed E-state index contributed by atoms with van der Waals surface area (Å²) in [7, 11) is 1.89. The first-order valence-electron chi connectivity index (χ1n) is 4.32. The van der Waals surface area contributed by atoms with Crippen LogP contribution in [0.25, 0.3) is 0 Å². The zero-order chi connectivity index (χ0) is 10.4. The van der Waals surface area contributed by atoms with Gasteiger partial charge >= 0.3 is 0 Å². The quantitative estimate of drug-likeness (QED) is 0.563. The van der Waals surface area contributed by atoms with Gasteiger partial charge in [-0.15, -0.1) is 6.58 Å². The predicted molar refractivity (Wildman–Crippen MR) is 60.8 cm³/mol. The summed E-state index contributed by atoms with van der Waals surface area (Å²) in [5, 5.41) is 10.7. The zero-order valence-electron chi connectivity index (χ0n) is 8.16. The summed E-state index contributed by atoms with van der Waals surface area (Å²) >= 11 is 5.03. The van der Waals surface area contributed by atoms with Crippen LogP contribution in [0.15, 0.2) is 25.0 Å². The van der Waals surface area contributed by atoms with Crippen molar-refractivity contribution in [3.05, 3.63) is 30.6 Å². The van der Waals surface area contributed by atoms with E-state index in [1.807, 2.05) is 19.4 Å². The highest BCUT2D eigenvalue weighted by molar-refractivity contribution is 7.80. The van der Waals surface area contributed by atoms with Crippen molar-refractivity contribution in [1.82, 2.24) is 20.4 Å². The normalized spacial score (nSPS) is 9.50. The van der Waals surface area contributed by atoms with Crippen LogP contribution in [0.2, 0.25) is 0 Å². The summed E-state index contributed by atoms with van der Waals surface area (Å²) in [6, 6.07) is 0. The molecule has 0 aliphatic carbocycles. The molecule has 0 radical (unpaired) electrons. The number of aryl methyl sites for hydroxylation is 1. The molecule has 76 valence electrons. The van der Waals surface area contributed by atoms with Crippen molar-refractivity contribution >= 4 is 17.3 Å². The van der Waals surface area contributed by atoms with E-state index < -0.39 is 0 Å². The first-order valence-corrected chi connectivity index (χ1v) is 4.73. The smallest absolute Gasteiger partial charge is 0.166 e. The summed E-state index contributed by atoms with van der Waals surface area (Å²) in [6.45, 7) is 4.96. The molecule has 1 aromatic heterocycles. The van der Waals surface area contributed by atoms with Crippen molar-refractivity contribution in [3.63, 3.8) is 0 Å². The van der Waals surface area contributed by atoms with Crippen molar-refractivity contribution in [3.8, 4) is 0 Å². The molecule has 0 saturated heterocycles. The molecule has 0 aromatic carbocycles. The van der Waals surface area contributed by atoms with E-state index in [9.17, 15) is 0 Å². The van der Waals surface area contributed by atoms with Gasteiger partial charge in [-0.05, 0) is 12.2 Å². The summed E-state index contributed by atoms with van der Waals surface area (Å²) in [5.74, 6) is 0. The van der Waals surface area contributed by atoms with Crippen molar-refractivity contribution in [1.29, 1.82) is 0 Å². The van der Waals surface area contributed by atoms with Crippen LogP contribution in [-0.4, -0.2) is 21.4 Å². The average Bonchev–Trinajstić information content (AvgIpc) is 2.58. The third-order valence-corrected chi connectivity index (χ3v) is 1.91. The Labute approximate surface area is 89.0 Å². The van der Waals surface area contributed by atoms with Gasteiger partial charge in [0.1, 0.15) is 0 Å². The Bertz CT molecular complexity index is 318. The van der Waals surface area contributed by atoms with E-state index in [0.29, 0.717) is 18.2 Å². The fourth-order valence-electron chi connectivity index (χ4n) is 0.973. The number of hydrogen-bond donors (Lipinski definition) is 2. The molecule has 1 heterocycles. The van der Waals surface area contributed by atoms with E-state index in [-0.39, 0.29) is 0 Å². The molecule has 0 bridgehead atoms. The fourth-order valence-corrected chi connectivity index (χ4v) is 1.13. The van der Waals surface area contributed by atoms with Crippen LogP contribution in [0.5, 0.6) is 0 Å². The van der Waals surface area contributed by atoms with Crippen LogP contribution in [0, 0.1) is 0 Å². The number of thiocarbonyl (C=S) groups is 1. The largest absolute Gasteiger partial charge is 0.359 e. The molecule has 4 nitrogen and oxygen atoms in total. The molecule has 2 N–H and O–H groups in total. The minimum Gasteiger partial charge on any atom is -0.359 e. The average molecular weight is 210 g/mol. The zero-order valence-corrected chi connectivity index (χ0v) is 8.97. The summed E-state index contributed by atoms with van der Waals surface area (Å²) < 4.78 is 1.76. The minimum atomic E-state index is 0.633. The lowest BCUT2D eigenvalue weighted by Crippen LogP contribution is -2.34. The van der Waals surface area contributed by atoms with Crippen LogP contribution in [0.4, 0.5) is 0 Å². The van der Waals surface area contributed by atoms with Gasteiger partial charge in [0.2, 0.25) is 0 Å². The maximum atomic E-state index is 5.03. The van der Waals surface area contributed by atoms with E-state index >= 15 is 0 Å². The lowest BCUT2D eigenvalue weighted by molar-refractivity contribution is 0.766. The first kappa shape index (κ1) is 10.7. The molecule has 1 aromatic rings. The number of aromatic nitrogens is 2. The number of nitrogens with zero attached hydrogens (tertiary/aromatic N) is 2. The van der Waals surface area contributed by atoms with Gasteiger partial charge in [0.05, 0.1) is 6.20 Å². The van der Waals surface area contributed by atoms with Gasteiger partial charge < -0.3 is 10.6 Å². The van der Waals surface area contributed by atoms with Crippen molar-refractivity contribution in [2.75, 3.05) is 6.54 Å². The van der Waals surface area contributed by atoms with E-state index in [0.717, 1.165) is 5.56 Å². The lowest BCUT2D eigenvalue weighted by Gasteiger charge is -2.06. The lowest BCUT2D eigenvalue weighted by atomic mass is 10.4. The number of nitrogens with one attached hydrogen (secondary N) is 2. The molecular formula is C9H14N4S. The summed E-state index contributed by atoms with van der Waals surface area (Å²) in [5.41, 5.74) is 1.11. The van der Waals surface area contributed by atoms with Crippen LogP contribution < -0.4 is 10.6 Å². The van der Waals surface area contributed by atoms with Gasteiger partial charge in [-0.1, -0.05) is 6.08 Å². The van der Waals surface area contributed by atoms with Crippen LogP contribution in [0.1, 0.15) is 5.56 Å². The number of hydrogen-bond acceptors (Lipinski definition) is 2. The molecule has 0 atom stereocenters. The Kier molecular flexibility index (Phi) is 4.12. The van der Waals surface area contributed by atoms with Gasteiger partial charge in [-0.25, -0.2) is 0 Å². The highest BCUT2D eigenvalue weighted by Crippen LogP contribution is 1.94. The molecule has 14 heavy (non-hydrogen) atoms. The number of rotatable bonds is 4. The van der Waals surface area contributed by atoms with Gasteiger partial charge in [0, 0.05) is 31.9 Å². The molecule has 5 heteroatoms. The Morgan fingerprint density at radius 3 is 3.07 bits per heavy atom. The molecule has 0 spiro atoms. The Morgan fingerprint density at radius 2 is 2.50 bits per heavy atom. The second-order valence-electron chi connectivity index (χ2n) is 2.87. The van der Waals surface area contributed by atoms with Crippen LogP contribution >= 0.6 is 12.2 Å². The van der Waals surface area contributed by atoms with E-state index in [4.69, 9.17) is 12.2 Å². The molecule has 0 amide bonds. The second-order valence-corrected chi connectivity index (χ2v) is 3.28. The highest BCUT2D eigenvalue weighted by atomic mass is 32.1. The van der Waals surface area contributed by atoms with E-state index in [2.05, 4.69) is 22.3 Å². The molecule has 0 saturated carbocycles. The van der Waals surface area contributed by atoms with E-state index in [1.54, 1.807) is 10.8 Å². The van der Waals surface area contributed by atoms with Gasteiger partial charge in [-0.3, -0.25) is 4.68 Å². The van der Waals surface area contributed by atoms with Gasteiger partial charge in [-0.2, -0.15) is 5.10 Å². The Balaban J connectivity index is 2.26. The monoisotopic (exact) mass is 210 g/mol. The van der Waals surface area contributed by atoms with Crippen molar-refractivity contribution in [2.45, 2.75) is 6.54 Å². The van der Waals surface area contributed by atoms with Crippen LogP contribution in [0.3, 0.4) is 0 Å². The Hall–Kier alpha value is -1.36. The van der Waals surface area contributed by atoms with Gasteiger partial charge in [0.15, 0.2) is 5.11 Å². The molecular weight excluding hydrogens is 196 g/mol. The minimum absolute atomic E-state index is 0.633.